The SMILES string of the molecule is BOCc1ccc(C(CN)C(=O)Cc2ccc3cnccc3c2)cc1. The average Bonchev–Trinajstić information content (AvgIpc) is 2.64. The van der Waals surface area contributed by atoms with Gasteiger partial charge in [-0.2, -0.15) is 0 Å². The molecule has 25 heavy (non-hydrogen) atoms. The molecule has 1 unspecified atom stereocenters. The monoisotopic (exact) mass is 332 g/mol. The summed E-state index contributed by atoms with van der Waals surface area (Å²) in [4.78, 5) is 16.9. The van der Waals surface area contributed by atoms with Gasteiger partial charge >= 0.3 is 0 Å². The number of hydrogen-bond acceptors (Lipinski definition) is 4. The predicted octanol–water partition coefficient (Wildman–Crippen LogP) is 2.15. The number of nitrogens with zero attached hydrogens (tertiary/aromatic N) is 1. The molecule has 0 aliphatic heterocycles. The first-order valence-electron chi connectivity index (χ1n) is 8.34. The molecule has 5 heteroatoms. The van der Waals surface area contributed by atoms with E-state index in [-0.39, 0.29) is 11.7 Å². The molecule has 0 aliphatic rings. The van der Waals surface area contributed by atoms with E-state index >= 15 is 0 Å². The van der Waals surface area contributed by atoms with E-state index in [1.165, 1.54) is 0 Å². The van der Waals surface area contributed by atoms with Gasteiger partial charge in [-0.1, -0.05) is 42.5 Å². The Hall–Kier alpha value is -2.50. The highest BCUT2D eigenvalue weighted by Crippen LogP contribution is 2.21. The molecule has 0 saturated heterocycles. The van der Waals surface area contributed by atoms with Gasteiger partial charge in [-0.15, -0.1) is 0 Å². The normalized spacial score (nSPS) is 12.2. The topological polar surface area (TPSA) is 65.2 Å². The van der Waals surface area contributed by atoms with Crippen LogP contribution in [0.4, 0.5) is 0 Å². The van der Waals surface area contributed by atoms with Gasteiger partial charge in [0.15, 0.2) is 0 Å². The molecule has 0 radical (unpaired) electrons. The Morgan fingerprint density at radius 2 is 1.84 bits per heavy atom. The van der Waals surface area contributed by atoms with Crippen molar-refractivity contribution in [3.8, 4) is 0 Å². The Balaban J connectivity index is 1.76. The predicted molar refractivity (Wildman–Crippen MR) is 102 cm³/mol. The maximum absolute atomic E-state index is 12.8. The quantitative estimate of drug-likeness (QED) is 0.674. The van der Waals surface area contributed by atoms with Crippen molar-refractivity contribution in [1.82, 2.24) is 4.98 Å². The molecule has 3 aromatic rings. The van der Waals surface area contributed by atoms with Crippen LogP contribution in [0.25, 0.3) is 10.8 Å². The maximum atomic E-state index is 12.8. The van der Waals surface area contributed by atoms with Crippen LogP contribution in [-0.2, 0) is 22.5 Å². The Kier molecular flexibility index (Phi) is 5.58. The number of aromatic nitrogens is 1. The molecular weight excluding hydrogens is 311 g/mol. The fourth-order valence-electron chi connectivity index (χ4n) is 3.03. The van der Waals surface area contributed by atoms with E-state index in [4.69, 9.17) is 10.4 Å². The van der Waals surface area contributed by atoms with Gasteiger partial charge in [0.1, 0.15) is 5.78 Å². The number of fused-ring (bicyclic) bond motifs is 1. The van der Waals surface area contributed by atoms with Gasteiger partial charge in [-0.05, 0) is 28.1 Å². The van der Waals surface area contributed by atoms with E-state index in [2.05, 4.69) is 4.98 Å². The van der Waals surface area contributed by atoms with E-state index in [0.29, 0.717) is 19.6 Å². The van der Waals surface area contributed by atoms with Crippen LogP contribution in [0.5, 0.6) is 0 Å². The number of Topliss-reactive ketones (excluding diaryl/α,β-unsaturated/α-hetero) is 1. The lowest BCUT2D eigenvalue weighted by atomic mass is 9.90. The number of carbonyl (C=O) groups excluding carboxylic acids is 1. The van der Waals surface area contributed by atoms with Crippen LogP contribution >= 0.6 is 0 Å². The summed E-state index contributed by atoms with van der Waals surface area (Å²) in [5.74, 6) is -0.153. The van der Waals surface area contributed by atoms with Crippen molar-refractivity contribution in [2.75, 3.05) is 6.54 Å². The van der Waals surface area contributed by atoms with Gasteiger partial charge in [0.2, 0.25) is 0 Å². The van der Waals surface area contributed by atoms with Crippen molar-refractivity contribution in [2.45, 2.75) is 18.9 Å². The number of carbonyl (C=O) groups is 1. The number of hydrogen-bond donors (Lipinski definition) is 1. The largest absolute Gasteiger partial charge is 0.440 e. The van der Waals surface area contributed by atoms with Gasteiger partial charge in [-0.25, -0.2) is 0 Å². The summed E-state index contributed by atoms with van der Waals surface area (Å²) < 4.78 is 5.12. The highest BCUT2D eigenvalue weighted by molar-refractivity contribution is 5.97. The van der Waals surface area contributed by atoms with Crippen molar-refractivity contribution in [1.29, 1.82) is 0 Å². The fourth-order valence-corrected chi connectivity index (χ4v) is 3.03. The highest BCUT2D eigenvalue weighted by atomic mass is 16.4. The van der Waals surface area contributed by atoms with Gasteiger partial charge in [-0.3, -0.25) is 9.78 Å². The maximum Gasteiger partial charge on any atom is 0.257 e. The lowest BCUT2D eigenvalue weighted by Gasteiger charge is -2.15. The van der Waals surface area contributed by atoms with Crippen LogP contribution < -0.4 is 5.73 Å². The van der Waals surface area contributed by atoms with Crippen LogP contribution in [0.1, 0.15) is 22.6 Å². The third kappa shape index (κ3) is 4.13. The van der Waals surface area contributed by atoms with Gasteiger partial charge in [0.05, 0.1) is 12.5 Å². The molecule has 0 saturated carbocycles. The van der Waals surface area contributed by atoms with Crippen molar-refractivity contribution in [3.05, 3.63) is 77.6 Å². The lowest BCUT2D eigenvalue weighted by molar-refractivity contribution is -0.119. The summed E-state index contributed by atoms with van der Waals surface area (Å²) in [6.45, 7) is 0.868. The highest BCUT2D eigenvalue weighted by Gasteiger charge is 2.19. The number of rotatable bonds is 7. The van der Waals surface area contributed by atoms with Crippen molar-refractivity contribution in [2.24, 2.45) is 5.73 Å². The standard InChI is InChI=1S/C20H21BN2O2/c21-25-13-14-1-4-16(5-2-14)19(11-22)20(24)10-15-3-6-18-12-23-8-7-17(18)9-15/h1-9,12,19H,10-11,13,21-22H2. The summed E-state index contributed by atoms with van der Waals surface area (Å²) >= 11 is 0. The van der Waals surface area contributed by atoms with E-state index < -0.39 is 0 Å². The zero-order valence-corrected chi connectivity index (χ0v) is 14.3. The first kappa shape index (κ1) is 17.3. The molecule has 0 aliphatic carbocycles. The second-order valence-electron chi connectivity index (χ2n) is 6.16. The zero-order valence-electron chi connectivity index (χ0n) is 14.3. The van der Waals surface area contributed by atoms with Crippen molar-refractivity contribution < 1.29 is 9.45 Å². The first-order chi connectivity index (χ1) is 12.2. The van der Waals surface area contributed by atoms with Gasteiger partial charge in [0, 0.05) is 30.7 Å². The van der Waals surface area contributed by atoms with Crippen molar-refractivity contribution >= 4 is 24.6 Å². The molecule has 1 heterocycles. The summed E-state index contributed by atoms with van der Waals surface area (Å²) in [5.41, 5.74) is 8.93. The molecule has 4 nitrogen and oxygen atoms in total. The minimum absolute atomic E-state index is 0.135. The summed E-state index contributed by atoms with van der Waals surface area (Å²) in [6.07, 6.45) is 3.96. The minimum atomic E-state index is -0.287. The Morgan fingerprint density at radius 3 is 2.56 bits per heavy atom. The van der Waals surface area contributed by atoms with E-state index in [0.717, 1.165) is 27.5 Å². The molecule has 2 aromatic carbocycles. The van der Waals surface area contributed by atoms with E-state index in [1.54, 1.807) is 14.2 Å². The molecule has 0 fully saturated rings. The van der Waals surface area contributed by atoms with Gasteiger partial charge < -0.3 is 10.4 Å². The number of nitrogens with two attached hydrogens (primary N) is 1. The molecule has 0 spiro atoms. The number of pyridine rings is 1. The molecule has 0 bridgehead atoms. The molecule has 126 valence electrons. The molecule has 0 amide bonds. The van der Waals surface area contributed by atoms with Crippen LogP contribution in [0.2, 0.25) is 0 Å². The Morgan fingerprint density at radius 1 is 1.08 bits per heavy atom. The Labute approximate surface area is 148 Å². The molecule has 3 rings (SSSR count). The van der Waals surface area contributed by atoms with Crippen molar-refractivity contribution in [3.63, 3.8) is 0 Å². The van der Waals surface area contributed by atoms with E-state index in [9.17, 15) is 4.79 Å². The molecular formula is C20H21BN2O2. The molecule has 1 aromatic heterocycles. The zero-order chi connectivity index (χ0) is 17.6. The smallest absolute Gasteiger partial charge is 0.257 e. The lowest BCUT2D eigenvalue weighted by Crippen LogP contribution is -2.23. The number of ketones is 1. The second kappa shape index (κ2) is 8.05. The van der Waals surface area contributed by atoms with E-state index in [1.807, 2.05) is 54.7 Å². The van der Waals surface area contributed by atoms with Crippen LogP contribution in [0.15, 0.2) is 60.9 Å². The summed E-state index contributed by atoms with van der Waals surface area (Å²) in [6, 6.07) is 15.9. The van der Waals surface area contributed by atoms with Crippen LogP contribution in [-0.4, -0.2) is 25.4 Å². The fraction of sp³-hybridized carbons (Fsp3) is 0.200. The third-order valence-electron chi connectivity index (χ3n) is 4.40. The molecule has 1 atom stereocenters. The van der Waals surface area contributed by atoms with Crippen LogP contribution in [0, 0.1) is 0 Å². The summed E-state index contributed by atoms with van der Waals surface area (Å²) in [7, 11) is 1.67. The third-order valence-corrected chi connectivity index (χ3v) is 4.40. The molecule has 2 N–H and O–H groups in total. The average molecular weight is 332 g/mol. The second-order valence-corrected chi connectivity index (χ2v) is 6.16. The summed E-state index contributed by atoms with van der Waals surface area (Å²) in [5, 5.41) is 2.16. The first-order valence-corrected chi connectivity index (χ1v) is 8.34. The Bertz CT molecular complexity index is 865. The minimum Gasteiger partial charge on any atom is -0.440 e. The number of benzene rings is 2. The van der Waals surface area contributed by atoms with Crippen LogP contribution in [0.3, 0.4) is 0 Å². The van der Waals surface area contributed by atoms with Gasteiger partial charge in [0.25, 0.3) is 8.05 Å².